The van der Waals surface area contributed by atoms with Crippen LogP contribution in [0.2, 0.25) is 0 Å². The zero-order valence-corrected chi connectivity index (χ0v) is 16.1. The Labute approximate surface area is 159 Å². The lowest BCUT2D eigenvalue weighted by Gasteiger charge is -2.54. The van der Waals surface area contributed by atoms with Gasteiger partial charge in [-0.1, -0.05) is 6.07 Å². The lowest BCUT2D eigenvalue weighted by atomic mass is 9.67. The summed E-state index contributed by atoms with van der Waals surface area (Å²) in [5.41, 5.74) is 2.49. The number of fused-ring (bicyclic) bond motifs is 4. The lowest BCUT2D eigenvalue weighted by molar-refractivity contribution is -0.956. The largest absolute Gasteiger partial charge is 0.493 e. The van der Waals surface area contributed by atoms with E-state index >= 15 is 0 Å². The van der Waals surface area contributed by atoms with Crippen molar-refractivity contribution in [1.29, 1.82) is 0 Å². The molecular weight excluding hydrogens is 346 g/mol. The minimum absolute atomic E-state index is 0.00504. The van der Waals surface area contributed by atoms with E-state index in [1.807, 2.05) is 6.07 Å². The fraction of sp³-hybridized carbons (Fsp3) is 0.571. The van der Waals surface area contributed by atoms with Crippen LogP contribution in [0.4, 0.5) is 0 Å². The van der Waals surface area contributed by atoms with Crippen LogP contribution in [0.25, 0.3) is 0 Å². The number of carbonyl (C=O) groups excluding carboxylic acids is 1. The average Bonchev–Trinajstić information content (AvgIpc) is 3.14. The van der Waals surface area contributed by atoms with Crippen molar-refractivity contribution < 1.29 is 28.2 Å². The Morgan fingerprint density at radius 3 is 2.78 bits per heavy atom. The van der Waals surface area contributed by atoms with Crippen LogP contribution in [0, 0.1) is 11.8 Å². The molecule has 6 nitrogen and oxygen atoms in total. The van der Waals surface area contributed by atoms with E-state index < -0.39 is 0 Å². The summed E-state index contributed by atoms with van der Waals surface area (Å²) in [6.45, 7) is 2.11. The zero-order chi connectivity index (χ0) is 18.8. The summed E-state index contributed by atoms with van der Waals surface area (Å²) >= 11 is 0. The molecule has 144 valence electrons. The van der Waals surface area contributed by atoms with Crippen LogP contribution in [0.15, 0.2) is 23.7 Å². The number of carbonyl (C=O) groups is 1. The van der Waals surface area contributed by atoms with Gasteiger partial charge >= 0.3 is 0 Å². The van der Waals surface area contributed by atoms with Gasteiger partial charge in [0.15, 0.2) is 11.5 Å². The second kappa shape index (κ2) is 5.89. The van der Waals surface area contributed by atoms with Crippen molar-refractivity contribution in [2.45, 2.75) is 31.8 Å². The van der Waals surface area contributed by atoms with Crippen LogP contribution in [0.3, 0.4) is 0 Å². The molecule has 1 aromatic rings. The van der Waals surface area contributed by atoms with Crippen LogP contribution in [-0.2, 0) is 27.2 Å². The molecule has 1 aromatic carbocycles. The van der Waals surface area contributed by atoms with Crippen molar-refractivity contribution in [3.05, 3.63) is 34.8 Å². The van der Waals surface area contributed by atoms with E-state index in [0.717, 1.165) is 54.1 Å². The average molecular weight is 372 g/mol. The Morgan fingerprint density at radius 1 is 1.15 bits per heavy atom. The number of hydrogen-bond donors (Lipinski definition) is 0. The quantitative estimate of drug-likeness (QED) is 0.746. The Kier molecular flexibility index (Phi) is 3.69. The molecule has 3 aliphatic heterocycles. The second-order valence-corrected chi connectivity index (χ2v) is 8.37. The molecule has 0 spiro atoms. The van der Waals surface area contributed by atoms with Crippen molar-refractivity contribution in [2.24, 2.45) is 11.8 Å². The molecular formula is C21H26NO5+. The number of nitrogens with zero attached hydrogens (tertiary/aromatic N) is 1. The highest BCUT2D eigenvalue weighted by Gasteiger charge is 2.56. The van der Waals surface area contributed by atoms with Gasteiger partial charge < -0.3 is 23.4 Å². The highest BCUT2D eigenvalue weighted by atomic mass is 16.7. The van der Waals surface area contributed by atoms with E-state index in [1.54, 1.807) is 14.2 Å². The number of benzene rings is 1. The molecule has 5 rings (SSSR count). The van der Waals surface area contributed by atoms with Gasteiger partial charge in [-0.3, -0.25) is 4.79 Å². The third-order valence-electron chi connectivity index (χ3n) is 7.09. The number of methoxy groups -OCH3 is 2. The topological polar surface area (TPSA) is 54.0 Å². The van der Waals surface area contributed by atoms with E-state index in [0.29, 0.717) is 11.7 Å². The SMILES string of the molecule is COc1ccc2c(c1OC)C[N+]1(C)CCC3CC4=C(OCO4)C(=O)C3C1C2. The van der Waals surface area contributed by atoms with Gasteiger partial charge in [-0.25, -0.2) is 0 Å². The van der Waals surface area contributed by atoms with Crippen molar-refractivity contribution in [1.82, 2.24) is 0 Å². The molecule has 6 heteroatoms. The molecule has 4 unspecified atom stereocenters. The van der Waals surface area contributed by atoms with Crippen molar-refractivity contribution in [3.8, 4) is 11.5 Å². The molecule has 0 aromatic heterocycles. The fourth-order valence-electron chi connectivity index (χ4n) is 5.71. The minimum Gasteiger partial charge on any atom is -0.493 e. The fourth-order valence-corrected chi connectivity index (χ4v) is 5.71. The number of piperidine rings is 1. The van der Waals surface area contributed by atoms with Gasteiger partial charge in [0.25, 0.3) is 0 Å². The number of ketones is 1. The van der Waals surface area contributed by atoms with Gasteiger partial charge in [-0.2, -0.15) is 0 Å². The summed E-state index contributed by atoms with van der Waals surface area (Å²) in [6, 6.07) is 4.38. The Morgan fingerprint density at radius 2 is 2.00 bits per heavy atom. The molecule has 0 bridgehead atoms. The van der Waals surface area contributed by atoms with Crippen LogP contribution < -0.4 is 9.47 Å². The minimum atomic E-state index is 0.00504. The number of likely N-dealkylation sites (N-methyl/N-ethyl adjacent to an activating group) is 1. The van der Waals surface area contributed by atoms with Crippen LogP contribution in [0.5, 0.6) is 11.5 Å². The zero-order valence-electron chi connectivity index (χ0n) is 16.1. The van der Waals surface area contributed by atoms with Gasteiger partial charge in [0, 0.05) is 19.3 Å². The van der Waals surface area contributed by atoms with Gasteiger partial charge in [-0.15, -0.1) is 0 Å². The second-order valence-electron chi connectivity index (χ2n) is 8.37. The third kappa shape index (κ3) is 2.32. The highest BCUT2D eigenvalue weighted by molar-refractivity contribution is 5.97. The standard InChI is InChI=1S/C21H26NO5/c1-22-7-6-13-9-17-21(27-11-26-17)19(23)18(13)15(22)8-12-4-5-16(24-2)20(25-3)14(12)10-22/h4-5,13,15,18H,6-11H2,1-3H3/q+1. The summed E-state index contributed by atoms with van der Waals surface area (Å²) in [4.78, 5) is 13.3. The molecule has 0 amide bonds. The first-order valence-electron chi connectivity index (χ1n) is 9.65. The molecule has 1 saturated heterocycles. The number of ether oxygens (including phenoxy) is 4. The molecule has 4 aliphatic rings. The maximum Gasteiger partial charge on any atom is 0.230 e. The summed E-state index contributed by atoms with van der Waals surface area (Å²) in [5.74, 6) is 3.39. The summed E-state index contributed by atoms with van der Waals surface area (Å²) in [7, 11) is 5.66. The monoisotopic (exact) mass is 372 g/mol. The summed E-state index contributed by atoms with van der Waals surface area (Å²) in [5, 5.41) is 0. The highest BCUT2D eigenvalue weighted by Crippen LogP contribution is 2.49. The van der Waals surface area contributed by atoms with Crippen molar-refractivity contribution in [2.75, 3.05) is 34.6 Å². The first-order chi connectivity index (χ1) is 13.1. The van der Waals surface area contributed by atoms with E-state index in [9.17, 15) is 4.79 Å². The van der Waals surface area contributed by atoms with Gasteiger partial charge in [0.1, 0.15) is 18.3 Å². The molecule has 0 radical (unpaired) electrons. The maximum atomic E-state index is 13.3. The number of Topliss-reactive ketones (excluding diaryl/α,β-unsaturated/α-hetero) is 1. The summed E-state index contributed by atoms with van der Waals surface area (Å²) in [6.07, 6.45) is 2.74. The third-order valence-corrected chi connectivity index (χ3v) is 7.09. The Hall–Kier alpha value is -2.21. The molecule has 27 heavy (non-hydrogen) atoms. The first kappa shape index (κ1) is 16.9. The van der Waals surface area contributed by atoms with Crippen molar-refractivity contribution >= 4 is 5.78 Å². The Balaban J connectivity index is 1.56. The van der Waals surface area contributed by atoms with E-state index in [2.05, 4.69) is 13.1 Å². The predicted molar refractivity (Wildman–Crippen MR) is 97.1 cm³/mol. The number of rotatable bonds is 2. The smallest absolute Gasteiger partial charge is 0.230 e. The Bertz CT molecular complexity index is 847. The molecule has 0 saturated carbocycles. The molecule has 4 atom stereocenters. The normalized spacial score (nSPS) is 33.9. The van der Waals surface area contributed by atoms with E-state index in [4.69, 9.17) is 18.9 Å². The van der Waals surface area contributed by atoms with Crippen LogP contribution >= 0.6 is 0 Å². The lowest BCUT2D eigenvalue weighted by Crippen LogP contribution is -2.65. The number of hydrogen-bond acceptors (Lipinski definition) is 5. The summed E-state index contributed by atoms with van der Waals surface area (Å²) < 4.78 is 23.1. The molecule has 3 heterocycles. The molecule has 0 N–H and O–H groups in total. The number of allylic oxidation sites excluding steroid dienone is 2. The van der Waals surface area contributed by atoms with Crippen molar-refractivity contribution in [3.63, 3.8) is 0 Å². The molecule has 1 fully saturated rings. The molecule has 1 aliphatic carbocycles. The van der Waals surface area contributed by atoms with Gasteiger partial charge in [0.05, 0.1) is 39.3 Å². The number of quaternary nitrogens is 1. The predicted octanol–water partition coefficient (Wildman–Crippen LogP) is 2.40. The van der Waals surface area contributed by atoms with Crippen LogP contribution in [0.1, 0.15) is 24.0 Å². The van der Waals surface area contributed by atoms with Gasteiger partial charge in [0.2, 0.25) is 18.3 Å². The van der Waals surface area contributed by atoms with E-state index in [1.165, 1.54) is 11.1 Å². The van der Waals surface area contributed by atoms with E-state index in [-0.39, 0.29) is 24.5 Å². The van der Waals surface area contributed by atoms with Crippen LogP contribution in [-0.4, -0.2) is 50.9 Å². The van der Waals surface area contributed by atoms with Gasteiger partial charge in [-0.05, 0) is 17.5 Å². The first-order valence-corrected chi connectivity index (χ1v) is 9.65. The maximum absolute atomic E-state index is 13.3.